The third kappa shape index (κ3) is 4.27. The largest absolute Gasteiger partial charge is 0.507 e. The molecule has 25 heavy (non-hydrogen) atoms. The molecular formula is C20H33N3O2. The molecule has 1 aromatic rings. The van der Waals surface area contributed by atoms with Gasteiger partial charge in [0.15, 0.2) is 0 Å². The second kappa shape index (κ2) is 8.56. The summed E-state index contributed by atoms with van der Waals surface area (Å²) in [6.07, 6.45) is 0.982. The lowest BCUT2D eigenvalue weighted by atomic mass is 9.92. The normalized spacial score (nSPS) is 21.2. The van der Waals surface area contributed by atoms with Crippen molar-refractivity contribution in [1.82, 2.24) is 9.80 Å². The molecule has 0 radical (unpaired) electrons. The first-order valence-electron chi connectivity index (χ1n) is 9.50. The average Bonchev–Trinajstić information content (AvgIpc) is 2.61. The number of anilines is 1. The van der Waals surface area contributed by atoms with Crippen molar-refractivity contribution < 1.29 is 9.90 Å². The molecule has 2 atom stereocenters. The van der Waals surface area contributed by atoms with Crippen LogP contribution in [0.3, 0.4) is 0 Å². The van der Waals surface area contributed by atoms with E-state index in [1.165, 1.54) is 0 Å². The van der Waals surface area contributed by atoms with Crippen LogP contribution in [0.15, 0.2) is 18.2 Å². The first-order valence-corrected chi connectivity index (χ1v) is 9.50. The van der Waals surface area contributed by atoms with E-state index in [2.05, 4.69) is 37.5 Å². The molecule has 1 aliphatic heterocycles. The summed E-state index contributed by atoms with van der Waals surface area (Å²) in [6.45, 7) is 13.4. The van der Waals surface area contributed by atoms with Crippen molar-refractivity contribution in [3.05, 3.63) is 23.8 Å². The lowest BCUT2D eigenvalue weighted by Crippen LogP contribution is -2.50. The maximum Gasteiger partial charge on any atom is 0.257 e. The number of aromatic hydroxyl groups is 1. The number of amides is 1. The van der Waals surface area contributed by atoms with Crippen LogP contribution in [0.25, 0.3) is 0 Å². The summed E-state index contributed by atoms with van der Waals surface area (Å²) in [5, 5.41) is 10.4. The standard InChI is InChI=1S/C20H33N3O2/c1-6-22-12-11-18(15(4)14-22)21(5)20(25)17-10-9-16(13-19(17)24)23(7-2)8-3/h9-10,13,15,18,24H,6-8,11-12,14H2,1-5H3/t15-,18-/m0/s1. The fourth-order valence-corrected chi connectivity index (χ4v) is 3.91. The predicted molar refractivity (Wildman–Crippen MR) is 103 cm³/mol. The molecule has 1 aliphatic rings. The van der Waals surface area contributed by atoms with Gasteiger partial charge in [0, 0.05) is 51.0 Å². The molecule has 5 nitrogen and oxygen atoms in total. The van der Waals surface area contributed by atoms with E-state index in [1.807, 2.05) is 18.0 Å². The van der Waals surface area contributed by atoms with Crippen molar-refractivity contribution in [2.24, 2.45) is 5.92 Å². The van der Waals surface area contributed by atoms with E-state index in [-0.39, 0.29) is 17.7 Å². The van der Waals surface area contributed by atoms with Gasteiger partial charge in [-0.25, -0.2) is 0 Å². The fourth-order valence-electron chi connectivity index (χ4n) is 3.91. The van der Waals surface area contributed by atoms with E-state index < -0.39 is 0 Å². The van der Waals surface area contributed by atoms with Crippen LogP contribution in [0.4, 0.5) is 5.69 Å². The summed E-state index contributed by atoms with van der Waals surface area (Å²) in [6, 6.07) is 5.61. The Morgan fingerprint density at radius 2 is 1.96 bits per heavy atom. The van der Waals surface area contributed by atoms with Crippen LogP contribution in [-0.2, 0) is 0 Å². The maximum absolute atomic E-state index is 12.9. The van der Waals surface area contributed by atoms with Crippen LogP contribution < -0.4 is 4.90 Å². The molecule has 0 bridgehead atoms. The molecule has 1 heterocycles. The summed E-state index contributed by atoms with van der Waals surface area (Å²) < 4.78 is 0. The number of phenolic OH excluding ortho intramolecular Hbond substituents is 1. The second-order valence-corrected chi connectivity index (χ2v) is 7.02. The molecule has 140 valence electrons. The van der Waals surface area contributed by atoms with Gasteiger partial charge in [-0.15, -0.1) is 0 Å². The number of benzene rings is 1. The second-order valence-electron chi connectivity index (χ2n) is 7.02. The third-order valence-electron chi connectivity index (χ3n) is 5.55. The summed E-state index contributed by atoms with van der Waals surface area (Å²) in [7, 11) is 1.86. The number of phenols is 1. The Morgan fingerprint density at radius 1 is 1.28 bits per heavy atom. The summed E-state index contributed by atoms with van der Waals surface area (Å²) in [4.78, 5) is 19.3. The number of hydrogen-bond acceptors (Lipinski definition) is 4. The molecule has 0 aromatic heterocycles. The molecule has 0 aliphatic carbocycles. The fraction of sp³-hybridized carbons (Fsp3) is 0.650. The average molecular weight is 348 g/mol. The Labute approximate surface area is 152 Å². The van der Waals surface area contributed by atoms with E-state index in [0.717, 1.165) is 44.8 Å². The first kappa shape index (κ1) is 19.6. The van der Waals surface area contributed by atoms with Gasteiger partial charge in [-0.1, -0.05) is 13.8 Å². The summed E-state index contributed by atoms with van der Waals surface area (Å²) >= 11 is 0. The van der Waals surface area contributed by atoms with Gasteiger partial charge in [-0.05, 0) is 44.9 Å². The number of carbonyl (C=O) groups excluding carboxylic acids is 1. The minimum atomic E-state index is -0.0922. The Morgan fingerprint density at radius 3 is 2.48 bits per heavy atom. The van der Waals surface area contributed by atoms with Gasteiger partial charge in [-0.2, -0.15) is 0 Å². The Hall–Kier alpha value is -1.75. The van der Waals surface area contributed by atoms with Gasteiger partial charge < -0.3 is 19.8 Å². The quantitative estimate of drug-likeness (QED) is 0.859. The van der Waals surface area contributed by atoms with E-state index in [4.69, 9.17) is 0 Å². The van der Waals surface area contributed by atoms with Crippen LogP contribution in [0.1, 0.15) is 44.5 Å². The Kier molecular flexibility index (Phi) is 6.71. The Balaban J connectivity index is 2.14. The van der Waals surface area contributed by atoms with Crippen molar-refractivity contribution in [2.45, 2.75) is 40.2 Å². The van der Waals surface area contributed by atoms with E-state index in [9.17, 15) is 9.90 Å². The highest BCUT2D eigenvalue weighted by Gasteiger charge is 2.31. The lowest BCUT2D eigenvalue weighted by molar-refractivity contribution is 0.0518. The molecule has 2 rings (SSSR count). The molecule has 0 saturated carbocycles. The summed E-state index contributed by atoms with van der Waals surface area (Å²) in [5.74, 6) is 0.407. The number of likely N-dealkylation sites (tertiary alicyclic amines) is 1. The number of nitrogens with zero attached hydrogens (tertiary/aromatic N) is 3. The third-order valence-corrected chi connectivity index (χ3v) is 5.55. The lowest BCUT2D eigenvalue weighted by Gasteiger charge is -2.41. The van der Waals surface area contributed by atoms with E-state index >= 15 is 0 Å². The molecule has 1 aromatic carbocycles. The van der Waals surface area contributed by atoms with Gasteiger partial charge in [0.05, 0.1) is 5.56 Å². The summed E-state index contributed by atoms with van der Waals surface area (Å²) in [5.41, 5.74) is 1.34. The highest BCUT2D eigenvalue weighted by Crippen LogP contribution is 2.28. The molecular weight excluding hydrogens is 314 g/mol. The number of rotatable bonds is 6. The van der Waals surface area contributed by atoms with Gasteiger partial charge in [-0.3, -0.25) is 4.79 Å². The monoisotopic (exact) mass is 347 g/mol. The Bertz CT molecular complexity index is 586. The topological polar surface area (TPSA) is 47.0 Å². The zero-order valence-corrected chi connectivity index (χ0v) is 16.3. The number of piperidine rings is 1. The molecule has 1 N–H and O–H groups in total. The molecule has 0 unspecified atom stereocenters. The maximum atomic E-state index is 12.9. The van der Waals surface area contributed by atoms with Crippen LogP contribution in [0, 0.1) is 5.92 Å². The van der Waals surface area contributed by atoms with E-state index in [1.54, 1.807) is 12.1 Å². The molecule has 1 amide bonds. The van der Waals surface area contributed by atoms with Crippen molar-refractivity contribution in [1.29, 1.82) is 0 Å². The highest BCUT2D eigenvalue weighted by molar-refractivity contribution is 5.97. The molecule has 0 spiro atoms. The van der Waals surface area contributed by atoms with E-state index in [0.29, 0.717) is 11.5 Å². The first-order chi connectivity index (χ1) is 11.9. The zero-order valence-electron chi connectivity index (χ0n) is 16.3. The zero-order chi connectivity index (χ0) is 18.6. The van der Waals surface area contributed by atoms with Crippen LogP contribution in [-0.4, -0.2) is 66.6 Å². The van der Waals surface area contributed by atoms with Crippen LogP contribution in [0.5, 0.6) is 5.75 Å². The minimum Gasteiger partial charge on any atom is -0.507 e. The van der Waals surface area contributed by atoms with Gasteiger partial charge in [0.1, 0.15) is 5.75 Å². The highest BCUT2D eigenvalue weighted by atomic mass is 16.3. The molecule has 5 heteroatoms. The van der Waals surface area contributed by atoms with Crippen molar-refractivity contribution in [3.63, 3.8) is 0 Å². The number of hydrogen-bond donors (Lipinski definition) is 1. The van der Waals surface area contributed by atoms with Crippen LogP contribution in [0.2, 0.25) is 0 Å². The smallest absolute Gasteiger partial charge is 0.257 e. The number of carbonyl (C=O) groups is 1. The van der Waals surface area contributed by atoms with Gasteiger partial charge in [0.2, 0.25) is 0 Å². The molecule has 1 fully saturated rings. The predicted octanol–water partition coefficient (Wildman–Crippen LogP) is 3.04. The van der Waals surface area contributed by atoms with Crippen molar-refractivity contribution in [3.8, 4) is 5.75 Å². The molecule has 1 saturated heterocycles. The van der Waals surface area contributed by atoms with Crippen molar-refractivity contribution >= 4 is 11.6 Å². The SMILES string of the molecule is CCN1CC[C@H](N(C)C(=O)c2ccc(N(CC)CC)cc2O)[C@@H](C)C1. The van der Waals surface area contributed by atoms with Gasteiger partial charge >= 0.3 is 0 Å². The van der Waals surface area contributed by atoms with Gasteiger partial charge in [0.25, 0.3) is 5.91 Å². The van der Waals surface area contributed by atoms with Crippen molar-refractivity contribution in [2.75, 3.05) is 44.7 Å². The van der Waals surface area contributed by atoms with Crippen LogP contribution >= 0.6 is 0 Å². The minimum absolute atomic E-state index is 0.0693.